The van der Waals surface area contributed by atoms with Crippen molar-refractivity contribution < 1.29 is 4.79 Å². The summed E-state index contributed by atoms with van der Waals surface area (Å²) < 4.78 is 0. The molecule has 0 bridgehead atoms. The van der Waals surface area contributed by atoms with Gasteiger partial charge >= 0.3 is 0 Å². The highest BCUT2D eigenvalue weighted by Gasteiger charge is 1.98. The Kier molecular flexibility index (Phi) is 9.10. The van der Waals surface area contributed by atoms with Crippen LogP contribution in [0.5, 0.6) is 0 Å². The van der Waals surface area contributed by atoms with Crippen molar-refractivity contribution in [2.45, 2.75) is 39.5 Å². The van der Waals surface area contributed by atoms with Gasteiger partial charge < -0.3 is 10.6 Å². The van der Waals surface area contributed by atoms with E-state index >= 15 is 0 Å². The van der Waals surface area contributed by atoms with Gasteiger partial charge in [-0.1, -0.05) is 20.3 Å². The smallest absolute Gasteiger partial charge is 0.221 e. The Balaban J connectivity index is 3.11. The van der Waals surface area contributed by atoms with Gasteiger partial charge in [-0.3, -0.25) is 4.79 Å². The van der Waals surface area contributed by atoms with Crippen LogP contribution < -0.4 is 10.6 Å². The highest BCUT2D eigenvalue weighted by atomic mass is 16.1. The van der Waals surface area contributed by atoms with E-state index < -0.39 is 0 Å². The van der Waals surface area contributed by atoms with Gasteiger partial charge in [0, 0.05) is 19.5 Å². The summed E-state index contributed by atoms with van der Waals surface area (Å²) in [7, 11) is 0. The molecule has 3 nitrogen and oxygen atoms in total. The van der Waals surface area contributed by atoms with Gasteiger partial charge in [-0.05, 0) is 19.4 Å². The minimum absolute atomic E-state index is 0.164. The SMILES string of the molecule is CCCCNC(=O)CCNCCC. The summed E-state index contributed by atoms with van der Waals surface area (Å²) in [5.74, 6) is 0.164. The molecule has 0 aliphatic rings. The first-order chi connectivity index (χ1) is 6.31. The number of hydrogen-bond donors (Lipinski definition) is 2. The van der Waals surface area contributed by atoms with Gasteiger partial charge in [-0.2, -0.15) is 0 Å². The molecule has 3 heteroatoms. The molecule has 1 amide bonds. The Bertz CT molecular complexity index is 126. The third-order valence-electron chi connectivity index (χ3n) is 1.81. The highest BCUT2D eigenvalue weighted by molar-refractivity contribution is 5.75. The van der Waals surface area contributed by atoms with Crippen LogP contribution in [0.1, 0.15) is 39.5 Å². The Hall–Kier alpha value is -0.570. The molecule has 0 heterocycles. The number of unbranched alkanes of at least 4 members (excludes halogenated alkanes) is 1. The molecule has 78 valence electrons. The Labute approximate surface area is 81.3 Å². The van der Waals surface area contributed by atoms with Crippen LogP contribution in [-0.2, 0) is 4.79 Å². The van der Waals surface area contributed by atoms with Crippen molar-refractivity contribution in [2.75, 3.05) is 19.6 Å². The molecular weight excluding hydrogens is 164 g/mol. The number of carbonyl (C=O) groups excluding carboxylic acids is 1. The zero-order valence-electron chi connectivity index (χ0n) is 8.86. The summed E-state index contributed by atoms with van der Waals surface area (Å²) in [4.78, 5) is 11.1. The van der Waals surface area contributed by atoms with Crippen LogP contribution in [0.15, 0.2) is 0 Å². The fourth-order valence-corrected chi connectivity index (χ4v) is 0.997. The van der Waals surface area contributed by atoms with Gasteiger partial charge in [0.15, 0.2) is 0 Å². The molecule has 0 radical (unpaired) electrons. The van der Waals surface area contributed by atoms with Crippen LogP contribution >= 0.6 is 0 Å². The van der Waals surface area contributed by atoms with Gasteiger partial charge in [0.1, 0.15) is 0 Å². The van der Waals surface area contributed by atoms with Gasteiger partial charge in [0.25, 0.3) is 0 Å². The summed E-state index contributed by atoms with van der Waals surface area (Å²) in [5.41, 5.74) is 0. The second-order valence-electron chi connectivity index (χ2n) is 3.20. The summed E-state index contributed by atoms with van der Waals surface area (Å²) in [6, 6.07) is 0. The molecule has 0 aliphatic carbocycles. The van der Waals surface area contributed by atoms with Crippen molar-refractivity contribution in [3.8, 4) is 0 Å². The van der Waals surface area contributed by atoms with E-state index in [4.69, 9.17) is 0 Å². The number of nitrogens with one attached hydrogen (secondary N) is 2. The predicted octanol–water partition coefficient (Wildman–Crippen LogP) is 1.29. The Morgan fingerprint density at radius 3 is 2.46 bits per heavy atom. The monoisotopic (exact) mass is 186 g/mol. The molecule has 0 rings (SSSR count). The molecule has 0 fully saturated rings. The molecule has 0 unspecified atom stereocenters. The Morgan fingerprint density at radius 1 is 1.08 bits per heavy atom. The lowest BCUT2D eigenvalue weighted by atomic mass is 10.3. The average Bonchev–Trinajstić information content (AvgIpc) is 2.13. The number of rotatable bonds is 8. The normalized spacial score (nSPS) is 10.0. The molecule has 0 saturated carbocycles. The largest absolute Gasteiger partial charge is 0.356 e. The van der Waals surface area contributed by atoms with E-state index in [1.54, 1.807) is 0 Å². The second kappa shape index (κ2) is 9.52. The zero-order valence-corrected chi connectivity index (χ0v) is 8.86. The average molecular weight is 186 g/mol. The molecular formula is C10H22N2O. The molecule has 0 aromatic rings. The van der Waals surface area contributed by atoms with Crippen LogP contribution in [0.4, 0.5) is 0 Å². The molecule has 2 N–H and O–H groups in total. The van der Waals surface area contributed by atoms with Crippen molar-refractivity contribution in [1.82, 2.24) is 10.6 Å². The maximum atomic E-state index is 11.1. The summed E-state index contributed by atoms with van der Waals surface area (Å²) in [5, 5.41) is 6.08. The summed E-state index contributed by atoms with van der Waals surface area (Å²) >= 11 is 0. The number of carbonyl (C=O) groups is 1. The molecule has 0 spiro atoms. The lowest BCUT2D eigenvalue weighted by Crippen LogP contribution is -2.28. The van der Waals surface area contributed by atoms with E-state index in [0.29, 0.717) is 6.42 Å². The zero-order chi connectivity index (χ0) is 9.94. The second-order valence-corrected chi connectivity index (χ2v) is 3.20. The standard InChI is InChI=1S/C10H22N2O/c1-3-5-8-12-10(13)6-9-11-7-4-2/h11H,3-9H2,1-2H3,(H,12,13). The molecule has 0 saturated heterocycles. The van der Waals surface area contributed by atoms with Crippen LogP contribution in [0.2, 0.25) is 0 Å². The van der Waals surface area contributed by atoms with Gasteiger partial charge in [0.2, 0.25) is 5.91 Å². The summed E-state index contributed by atoms with van der Waals surface area (Å²) in [6.07, 6.45) is 3.93. The molecule has 0 aromatic heterocycles. The quantitative estimate of drug-likeness (QED) is 0.561. The van der Waals surface area contributed by atoms with Crippen molar-refractivity contribution in [3.05, 3.63) is 0 Å². The maximum Gasteiger partial charge on any atom is 0.221 e. The molecule has 0 aliphatic heterocycles. The van der Waals surface area contributed by atoms with Crippen LogP contribution in [-0.4, -0.2) is 25.5 Å². The van der Waals surface area contributed by atoms with E-state index in [1.165, 1.54) is 0 Å². The minimum atomic E-state index is 0.164. The first kappa shape index (κ1) is 12.4. The molecule has 0 atom stereocenters. The first-order valence-corrected chi connectivity index (χ1v) is 5.28. The lowest BCUT2D eigenvalue weighted by molar-refractivity contribution is -0.120. The number of amides is 1. The predicted molar refractivity (Wildman–Crippen MR) is 55.7 cm³/mol. The Morgan fingerprint density at radius 2 is 1.85 bits per heavy atom. The van der Waals surface area contributed by atoms with Crippen molar-refractivity contribution in [2.24, 2.45) is 0 Å². The first-order valence-electron chi connectivity index (χ1n) is 5.28. The van der Waals surface area contributed by atoms with E-state index in [-0.39, 0.29) is 5.91 Å². The van der Waals surface area contributed by atoms with E-state index in [1.807, 2.05) is 0 Å². The fourth-order valence-electron chi connectivity index (χ4n) is 0.997. The minimum Gasteiger partial charge on any atom is -0.356 e. The van der Waals surface area contributed by atoms with Crippen LogP contribution in [0, 0.1) is 0 Å². The van der Waals surface area contributed by atoms with Gasteiger partial charge in [0.05, 0.1) is 0 Å². The van der Waals surface area contributed by atoms with Gasteiger partial charge in [-0.15, -0.1) is 0 Å². The van der Waals surface area contributed by atoms with Crippen molar-refractivity contribution >= 4 is 5.91 Å². The lowest BCUT2D eigenvalue weighted by Gasteiger charge is -2.04. The van der Waals surface area contributed by atoms with E-state index in [0.717, 1.165) is 38.9 Å². The van der Waals surface area contributed by atoms with Crippen LogP contribution in [0.25, 0.3) is 0 Å². The van der Waals surface area contributed by atoms with Crippen molar-refractivity contribution in [3.63, 3.8) is 0 Å². The highest BCUT2D eigenvalue weighted by Crippen LogP contribution is 1.84. The number of hydrogen-bond acceptors (Lipinski definition) is 2. The maximum absolute atomic E-state index is 11.1. The van der Waals surface area contributed by atoms with Crippen LogP contribution in [0.3, 0.4) is 0 Å². The fraction of sp³-hybridized carbons (Fsp3) is 0.900. The summed E-state index contributed by atoms with van der Waals surface area (Å²) in [6.45, 7) is 6.86. The van der Waals surface area contributed by atoms with Crippen molar-refractivity contribution in [1.29, 1.82) is 0 Å². The van der Waals surface area contributed by atoms with Gasteiger partial charge in [-0.25, -0.2) is 0 Å². The molecule has 0 aromatic carbocycles. The molecule has 13 heavy (non-hydrogen) atoms. The third kappa shape index (κ3) is 9.34. The van der Waals surface area contributed by atoms with E-state index in [9.17, 15) is 4.79 Å². The topological polar surface area (TPSA) is 41.1 Å². The van der Waals surface area contributed by atoms with E-state index in [2.05, 4.69) is 24.5 Å². The third-order valence-corrected chi connectivity index (χ3v) is 1.81.